The molecule has 2 unspecified atom stereocenters. The summed E-state index contributed by atoms with van der Waals surface area (Å²) < 4.78 is 0. The molecule has 1 amide bonds. The molecule has 0 aliphatic heterocycles. The Morgan fingerprint density at radius 1 is 1.00 bits per heavy atom. The maximum atomic E-state index is 11.7. The van der Waals surface area contributed by atoms with Crippen LogP contribution in [0.15, 0.2) is 0 Å². The van der Waals surface area contributed by atoms with E-state index >= 15 is 0 Å². The predicted octanol–water partition coefficient (Wildman–Crippen LogP) is 2.77. The molecule has 4 nitrogen and oxygen atoms in total. The Kier molecular flexibility index (Phi) is 13.0. The lowest BCUT2D eigenvalue weighted by atomic mass is 10.0. The lowest BCUT2D eigenvalue weighted by molar-refractivity contribution is -0.123. The van der Waals surface area contributed by atoms with E-state index in [0.29, 0.717) is 12.8 Å². The summed E-state index contributed by atoms with van der Waals surface area (Å²) in [5.41, 5.74) is 0. The Labute approximate surface area is 124 Å². The second kappa shape index (κ2) is 13.4. The topological polar surface area (TPSA) is 69.6 Å². The first-order valence-electron chi connectivity index (χ1n) is 8.23. The highest BCUT2D eigenvalue weighted by molar-refractivity contribution is 5.76. The van der Waals surface area contributed by atoms with Crippen molar-refractivity contribution in [2.75, 3.05) is 6.61 Å². The number of amides is 1. The van der Waals surface area contributed by atoms with E-state index in [9.17, 15) is 15.0 Å². The van der Waals surface area contributed by atoms with Crippen molar-refractivity contribution in [3.05, 3.63) is 0 Å². The van der Waals surface area contributed by atoms with Crippen molar-refractivity contribution in [2.24, 2.45) is 0 Å². The van der Waals surface area contributed by atoms with Gasteiger partial charge in [0.2, 0.25) is 5.91 Å². The Morgan fingerprint density at radius 2 is 1.60 bits per heavy atom. The molecule has 0 radical (unpaired) electrons. The van der Waals surface area contributed by atoms with Crippen molar-refractivity contribution in [3.63, 3.8) is 0 Å². The van der Waals surface area contributed by atoms with Crippen LogP contribution in [0, 0.1) is 0 Å². The Hall–Kier alpha value is -0.610. The first kappa shape index (κ1) is 19.4. The van der Waals surface area contributed by atoms with Gasteiger partial charge >= 0.3 is 0 Å². The third kappa shape index (κ3) is 10.2. The molecule has 2 atom stereocenters. The first-order valence-corrected chi connectivity index (χ1v) is 8.23. The van der Waals surface area contributed by atoms with Gasteiger partial charge in [-0.2, -0.15) is 0 Å². The van der Waals surface area contributed by atoms with Crippen LogP contribution in [-0.2, 0) is 4.79 Å². The lowest BCUT2D eigenvalue weighted by Gasteiger charge is -2.22. The number of carbonyl (C=O) groups excluding carboxylic acids is 1. The number of unbranched alkanes of at least 4 members (excludes halogenated alkanes) is 6. The molecule has 0 saturated carbocycles. The molecular formula is C16H33NO3. The zero-order chi connectivity index (χ0) is 15.2. The summed E-state index contributed by atoms with van der Waals surface area (Å²) in [4.78, 5) is 11.7. The highest BCUT2D eigenvalue weighted by atomic mass is 16.3. The summed E-state index contributed by atoms with van der Waals surface area (Å²) in [5.74, 6) is -0.0623. The zero-order valence-electron chi connectivity index (χ0n) is 13.2. The fourth-order valence-corrected chi connectivity index (χ4v) is 2.24. The summed E-state index contributed by atoms with van der Waals surface area (Å²) >= 11 is 0. The van der Waals surface area contributed by atoms with Crippen LogP contribution in [0.4, 0.5) is 0 Å². The highest BCUT2D eigenvalue weighted by Crippen LogP contribution is 2.09. The monoisotopic (exact) mass is 287 g/mol. The molecule has 0 aromatic rings. The van der Waals surface area contributed by atoms with Crippen LogP contribution in [0.3, 0.4) is 0 Å². The number of aliphatic hydroxyl groups is 2. The number of aliphatic hydroxyl groups excluding tert-OH is 2. The summed E-state index contributed by atoms with van der Waals surface area (Å²) in [6.45, 7) is 4.08. The molecule has 4 heteroatoms. The van der Waals surface area contributed by atoms with E-state index in [1.165, 1.54) is 6.42 Å². The minimum Gasteiger partial charge on any atom is -0.394 e. The van der Waals surface area contributed by atoms with Crippen LogP contribution in [0.2, 0.25) is 0 Å². The quantitative estimate of drug-likeness (QED) is 0.456. The molecule has 0 heterocycles. The van der Waals surface area contributed by atoms with Crippen LogP contribution in [0.1, 0.15) is 78.1 Å². The highest BCUT2D eigenvalue weighted by Gasteiger charge is 2.19. The molecule has 3 N–H and O–H groups in total. The second-order valence-electron chi connectivity index (χ2n) is 5.58. The molecule has 0 fully saturated rings. The van der Waals surface area contributed by atoms with Gasteiger partial charge in [0.25, 0.3) is 0 Å². The van der Waals surface area contributed by atoms with E-state index in [1.807, 2.05) is 0 Å². The van der Waals surface area contributed by atoms with E-state index < -0.39 is 12.1 Å². The minimum atomic E-state index is -0.642. The van der Waals surface area contributed by atoms with E-state index in [4.69, 9.17) is 0 Å². The van der Waals surface area contributed by atoms with Gasteiger partial charge in [-0.15, -0.1) is 0 Å². The van der Waals surface area contributed by atoms with Gasteiger partial charge in [-0.1, -0.05) is 58.8 Å². The van der Waals surface area contributed by atoms with Crippen molar-refractivity contribution in [1.82, 2.24) is 5.32 Å². The van der Waals surface area contributed by atoms with E-state index in [1.54, 1.807) is 0 Å². The summed E-state index contributed by atoms with van der Waals surface area (Å²) in [7, 11) is 0. The number of nitrogens with one attached hydrogen (secondary N) is 1. The molecule has 0 aliphatic carbocycles. The molecule has 0 aromatic carbocycles. The molecule has 0 spiro atoms. The third-order valence-corrected chi connectivity index (χ3v) is 3.62. The standard InChI is InChI=1S/C16H33NO3/c1-3-5-7-9-11-15(19)14(13-18)17-16(20)12-10-8-6-4-2/h14-15,18-19H,3-13H2,1-2H3,(H,17,20). The van der Waals surface area contributed by atoms with Gasteiger partial charge in [-0.3, -0.25) is 4.79 Å². The van der Waals surface area contributed by atoms with E-state index in [2.05, 4.69) is 19.2 Å². The maximum absolute atomic E-state index is 11.7. The number of hydrogen-bond donors (Lipinski definition) is 3. The van der Waals surface area contributed by atoms with Gasteiger partial charge in [-0.05, 0) is 12.8 Å². The van der Waals surface area contributed by atoms with Crippen LogP contribution < -0.4 is 5.32 Å². The van der Waals surface area contributed by atoms with Crippen molar-refractivity contribution >= 4 is 5.91 Å². The molecular weight excluding hydrogens is 254 g/mol. The second-order valence-corrected chi connectivity index (χ2v) is 5.58. The van der Waals surface area contributed by atoms with Crippen molar-refractivity contribution in [2.45, 2.75) is 90.2 Å². The molecule has 0 bridgehead atoms. The molecule has 0 saturated heterocycles. The molecule has 0 rings (SSSR count). The summed E-state index contributed by atoms with van der Waals surface area (Å²) in [6, 6.07) is -0.518. The predicted molar refractivity (Wildman–Crippen MR) is 82.5 cm³/mol. The largest absolute Gasteiger partial charge is 0.394 e. The maximum Gasteiger partial charge on any atom is 0.220 e. The van der Waals surface area contributed by atoms with Crippen LogP contribution >= 0.6 is 0 Å². The van der Waals surface area contributed by atoms with Crippen LogP contribution in [0.5, 0.6) is 0 Å². The Bertz CT molecular complexity index is 234. The van der Waals surface area contributed by atoms with Crippen LogP contribution in [-0.4, -0.2) is 34.9 Å². The van der Waals surface area contributed by atoms with Gasteiger partial charge in [0, 0.05) is 6.42 Å². The van der Waals surface area contributed by atoms with Crippen molar-refractivity contribution in [3.8, 4) is 0 Å². The van der Waals surface area contributed by atoms with Crippen LogP contribution in [0.25, 0.3) is 0 Å². The first-order chi connectivity index (χ1) is 9.65. The Morgan fingerprint density at radius 3 is 2.15 bits per heavy atom. The minimum absolute atomic E-state index is 0.0623. The number of carbonyl (C=O) groups is 1. The van der Waals surface area contributed by atoms with E-state index in [0.717, 1.165) is 44.9 Å². The van der Waals surface area contributed by atoms with Gasteiger partial charge in [0.05, 0.1) is 18.8 Å². The third-order valence-electron chi connectivity index (χ3n) is 3.62. The number of hydrogen-bond acceptors (Lipinski definition) is 3. The fourth-order valence-electron chi connectivity index (χ4n) is 2.24. The SMILES string of the molecule is CCCCCCC(=O)NC(CO)C(O)CCCCCC. The lowest BCUT2D eigenvalue weighted by Crippen LogP contribution is -2.45. The average Bonchev–Trinajstić information content (AvgIpc) is 2.45. The smallest absolute Gasteiger partial charge is 0.220 e. The summed E-state index contributed by atoms with van der Waals surface area (Å²) in [5, 5.41) is 22.0. The van der Waals surface area contributed by atoms with Gasteiger partial charge < -0.3 is 15.5 Å². The Balaban J connectivity index is 3.84. The molecule has 120 valence electrons. The van der Waals surface area contributed by atoms with E-state index in [-0.39, 0.29) is 12.5 Å². The van der Waals surface area contributed by atoms with Gasteiger partial charge in [0.15, 0.2) is 0 Å². The molecule has 0 aromatic heterocycles. The van der Waals surface area contributed by atoms with Crippen molar-refractivity contribution in [1.29, 1.82) is 0 Å². The average molecular weight is 287 g/mol. The molecule has 20 heavy (non-hydrogen) atoms. The normalized spacial score (nSPS) is 14.0. The van der Waals surface area contributed by atoms with Gasteiger partial charge in [0.1, 0.15) is 0 Å². The van der Waals surface area contributed by atoms with Gasteiger partial charge in [-0.25, -0.2) is 0 Å². The molecule has 0 aliphatic rings. The summed E-state index contributed by atoms with van der Waals surface area (Å²) in [6.07, 6.45) is 9.09. The fraction of sp³-hybridized carbons (Fsp3) is 0.938. The van der Waals surface area contributed by atoms with Crippen molar-refractivity contribution < 1.29 is 15.0 Å². The number of rotatable bonds is 13. The zero-order valence-corrected chi connectivity index (χ0v) is 13.2.